The summed E-state index contributed by atoms with van der Waals surface area (Å²) in [6.07, 6.45) is 0. The third kappa shape index (κ3) is 4.12. The maximum atomic E-state index is 15.0. The van der Waals surface area contributed by atoms with Gasteiger partial charge in [-0.2, -0.15) is 4.39 Å². The molecule has 0 fully saturated rings. The number of pyridine rings is 1. The molecule has 1 atom stereocenters. The van der Waals surface area contributed by atoms with Crippen LogP contribution in [-0.2, 0) is 16.6 Å². The van der Waals surface area contributed by atoms with Crippen LogP contribution in [0.3, 0.4) is 0 Å². The lowest BCUT2D eigenvalue weighted by Crippen LogP contribution is -2.20. The van der Waals surface area contributed by atoms with E-state index in [1.54, 1.807) is 6.92 Å². The number of oxazole rings is 1. The number of fused-ring (bicyclic) bond motifs is 1. The summed E-state index contributed by atoms with van der Waals surface area (Å²) >= 11 is 0. The molecule has 0 amide bonds. The average molecular weight is 474 g/mol. The normalized spacial score (nSPS) is 12.8. The van der Waals surface area contributed by atoms with Gasteiger partial charge in [-0.3, -0.25) is 9.29 Å². The van der Waals surface area contributed by atoms with Crippen molar-refractivity contribution in [3.05, 3.63) is 87.5 Å². The molecule has 0 aliphatic carbocycles. The number of nitrogens with one attached hydrogen (secondary N) is 1. The minimum atomic E-state index is -4.48. The predicted octanol–water partition coefficient (Wildman–Crippen LogP) is 3.44. The zero-order chi connectivity index (χ0) is 23.9. The summed E-state index contributed by atoms with van der Waals surface area (Å²) in [7, 11) is -4.48. The van der Waals surface area contributed by atoms with Crippen LogP contribution in [0.2, 0.25) is 0 Å². The SMILES string of the molecule is Cc1c(CN)cccc1[C@@H](C)n1c(=O)oc2cc(S(=O)(=O)Nc3cccc(F)n3)c(F)cc21. The van der Waals surface area contributed by atoms with Crippen molar-refractivity contribution in [3.63, 3.8) is 0 Å². The van der Waals surface area contributed by atoms with Gasteiger partial charge in [-0.15, -0.1) is 0 Å². The highest BCUT2D eigenvalue weighted by atomic mass is 32.2. The highest BCUT2D eigenvalue weighted by molar-refractivity contribution is 7.92. The van der Waals surface area contributed by atoms with Crippen LogP contribution in [0.5, 0.6) is 0 Å². The third-order valence-electron chi connectivity index (χ3n) is 5.46. The topological polar surface area (TPSA) is 120 Å². The van der Waals surface area contributed by atoms with Crippen LogP contribution in [0.1, 0.15) is 29.7 Å². The Labute approximate surface area is 187 Å². The molecule has 2 heterocycles. The molecule has 8 nitrogen and oxygen atoms in total. The first-order valence-corrected chi connectivity index (χ1v) is 11.4. The van der Waals surface area contributed by atoms with Crippen molar-refractivity contribution < 1.29 is 21.6 Å². The molecular weight excluding hydrogens is 454 g/mol. The zero-order valence-corrected chi connectivity index (χ0v) is 18.5. The Morgan fingerprint density at radius 3 is 2.61 bits per heavy atom. The average Bonchev–Trinajstić information content (AvgIpc) is 3.07. The molecule has 172 valence electrons. The van der Waals surface area contributed by atoms with Crippen molar-refractivity contribution in [1.29, 1.82) is 0 Å². The Balaban J connectivity index is 1.80. The number of sulfonamides is 1. The highest BCUT2D eigenvalue weighted by Crippen LogP contribution is 2.29. The van der Waals surface area contributed by atoms with Crippen LogP contribution < -0.4 is 16.2 Å². The Morgan fingerprint density at radius 2 is 1.91 bits per heavy atom. The van der Waals surface area contributed by atoms with Crippen LogP contribution in [0.4, 0.5) is 14.6 Å². The Hall–Kier alpha value is -3.57. The van der Waals surface area contributed by atoms with Crippen molar-refractivity contribution in [2.45, 2.75) is 31.3 Å². The summed E-state index contributed by atoms with van der Waals surface area (Å²) in [4.78, 5) is 15.3. The molecular formula is C22H20F2N4O4S. The molecule has 2 aromatic carbocycles. The molecule has 3 N–H and O–H groups in total. The summed E-state index contributed by atoms with van der Waals surface area (Å²) in [5.74, 6) is -3.11. The van der Waals surface area contributed by atoms with Crippen LogP contribution in [0.25, 0.3) is 11.1 Å². The molecule has 0 saturated carbocycles. The number of hydrogen-bond acceptors (Lipinski definition) is 6. The summed E-state index contributed by atoms with van der Waals surface area (Å²) < 4.78 is 62.1. The van der Waals surface area contributed by atoms with Crippen LogP contribution >= 0.6 is 0 Å². The van der Waals surface area contributed by atoms with Gasteiger partial charge in [0, 0.05) is 18.7 Å². The second kappa shape index (κ2) is 8.41. The summed E-state index contributed by atoms with van der Waals surface area (Å²) in [6.45, 7) is 3.94. The van der Waals surface area contributed by atoms with Crippen LogP contribution in [0.15, 0.2) is 62.6 Å². The van der Waals surface area contributed by atoms with E-state index in [4.69, 9.17) is 10.2 Å². The van der Waals surface area contributed by atoms with E-state index in [0.29, 0.717) is 6.54 Å². The molecule has 0 unspecified atom stereocenters. The van der Waals surface area contributed by atoms with Gasteiger partial charge in [0.05, 0.1) is 11.6 Å². The van der Waals surface area contributed by atoms with Crippen molar-refractivity contribution in [2.75, 3.05) is 4.72 Å². The number of nitrogens with two attached hydrogens (primary N) is 1. The second-order valence-corrected chi connectivity index (χ2v) is 9.10. The van der Waals surface area contributed by atoms with E-state index in [2.05, 4.69) is 4.98 Å². The van der Waals surface area contributed by atoms with Crippen molar-refractivity contribution in [3.8, 4) is 0 Å². The largest absolute Gasteiger partial charge is 0.420 e. The number of hydrogen-bond donors (Lipinski definition) is 2. The zero-order valence-electron chi connectivity index (χ0n) is 17.7. The van der Waals surface area contributed by atoms with E-state index >= 15 is 0 Å². The molecule has 2 aromatic heterocycles. The van der Waals surface area contributed by atoms with E-state index in [0.717, 1.165) is 34.9 Å². The molecule has 0 saturated heterocycles. The van der Waals surface area contributed by atoms with Gasteiger partial charge in [0.25, 0.3) is 10.0 Å². The quantitative estimate of drug-likeness (QED) is 0.413. The maximum Gasteiger partial charge on any atom is 0.420 e. The van der Waals surface area contributed by atoms with Gasteiger partial charge < -0.3 is 10.2 Å². The first-order chi connectivity index (χ1) is 15.6. The molecule has 0 aliphatic heterocycles. The van der Waals surface area contributed by atoms with Crippen molar-refractivity contribution in [2.24, 2.45) is 5.73 Å². The monoisotopic (exact) mass is 474 g/mol. The number of anilines is 1. The van der Waals surface area contributed by atoms with Gasteiger partial charge in [0.1, 0.15) is 16.5 Å². The highest BCUT2D eigenvalue weighted by Gasteiger charge is 2.25. The summed E-state index contributed by atoms with van der Waals surface area (Å²) in [5.41, 5.74) is 8.33. The fraction of sp³-hybridized carbons (Fsp3) is 0.182. The van der Waals surface area contributed by atoms with Crippen LogP contribution in [-0.4, -0.2) is 18.0 Å². The lowest BCUT2D eigenvalue weighted by atomic mass is 9.97. The standard InChI is InChI=1S/C22H20F2N4O4S/c1-12-14(11-25)5-3-6-15(12)13(2)28-17-9-16(23)19(10-18(17)32-22(28)29)33(30,31)27-21-8-4-7-20(24)26-21/h3-10,13H,11,25H2,1-2H3,(H,26,27)/t13-/m1/s1. The Bertz CT molecular complexity index is 1530. The predicted molar refractivity (Wildman–Crippen MR) is 118 cm³/mol. The van der Waals surface area contributed by atoms with Gasteiger partial charge in [-0.25, -0.2) is 22.6 Å². The van der Waals surface area contributed by atoms with E-state index in [1.165, 1.54) is 16.7 Å². The van der Waals surface area contributed by atoms with Crippen LogP contribution in [0, 0.1) is 18.7 Å². The second-order valence-electron chi connectivity index (χ2n) is 7.45. The van der Waals surface area contributed by atoms with Crippen molar-refractivity contribution in [1.82, 2.24) is 9.55 Å². The number of nitrogens with zero attached hydrogens (tertiary/aromatic N) is 2. The lowest BCUT2D eigenvalue weighted by molar-refractivity contribution is 0.488. The molecule has 0 spiro atoms. The van der Waals surface area contributed by atoms with E-state index in [9.17, 15) is 22.0 Å². The molecule has 11 heteroatoms. The first-order valence-electron chi connectivity index (χ1n) is 9.91. The van der Waals surface area contributed by atoms with Gasteiger partial charge >= 0.3 is 5.76 Å². The number of benzene rings is 2. The van der Waals surface area contributed by atoms with Gasteiger partial charge in [0.15, 0.2) is 5.58 Å². The first kappa shape index (κ1) is 22.6. The lowest BCUT2D eigenvalue weighted by Gasteiger charge is -2.18. The molecule has 4 aromatic rings. The number of aromatic nitrogens is 2. The molecule has 0 radical (unpaired) electrons. The summed E-state index contributed by atoms with van der Waals surface area (Å²) in [5, 5.41) is 0. The summed E-state index contributed by atoms with van der Waals surface area (Å²) in [6, 6.07) is 10.3. The third-order valence-corrected chi connectivity index (χ3v) is 6.83. The van der Waals surface area contributed by atoms with Gasteiger partial charge in [0.2, 0.25) is 5.95 Å². The minimum absolute atomic E-state index is 0.0883. The fourth-order valence-electron chi connectivity index (χ4n) is 3.78. The molecule has 33 heavy (non-hydrogen) atoms. The number of rotatable bonds is 6. The Kier molecular flexibility index (Phi) is 5.76. The smallest absolute Gasteiger partial charge is 0.408 e. The van der Waals surface area contributed by atoms with Crippen molar-refractivity contribution >= 4 is 26.9 Å². The van der Waals surface area contributed by atoms with Gasteiger partial charge in [-0.05, 0) is 42.7 Å². The maximum absolute atomic E-state index is 15.0. The van der Waals surface area contributed by atoms with E-state index < -0.39 is 38.5 Å². The molecule has 4 rings (SSSR count). The fourth-order valence-corrected chi connectivity index (χ4v) is 4.86. The molecule has 0 aliphatic rings. The minimum Gasteiger partial charge on any atom is -0.408 e. The Morgan fingerprint density at radius 1 is 1.18 bits per heavy atom. The van der Waals surface area contributed by atoms with E-state index in [-0.39, 0.29) is 16.9 Å². The van der Waals surface area contributed by atoms with Gasteiger partial charge in [-0.1, -0.05) is 24.3 Å². The molecule has 0 bridgehead atoms. The number of halogens is 2. The van der Waals surface area contributed by atoms with E-state index in [1.807, 2.05) is 29.8 Å².